The Morgan fingerprint density at radius 2 is 0.750 bits per heavy atom. The van der Waals surface area contributed by atoms with Crippen LogP contribution in [0.4, 0.5) is 0 Å². The Labute approximate surface area is 469 Å². The number of nitrogens with zero attached hydrogens (tertiary/aromatic N) is 18. The molecule has 2 N–H and O–H groups in total. The molecule has 0 atom stereocenters. The van der Waals surface area contributed by atoms with Gasteiger partial charge in [0.25, 0.3) is 22.9 Å². The number of carbonyl (C=O) groups is 2. The van der Waals surface area contributed by atoms with Gasteiger partial charge in [-0.2, -0.15) is 8.80 Å². The molecule has 8 aromatic carbocycles. The maximum atomic E-state index is 12.9. The van der Waals surface area contributed by atoms with Crippen LogP contribution in [0.5, 0.6) is 0 Å². The van der Waals surface area contributed by atoms with Crippen LogP contribution in [-0.2, 0) is 22.4 Å². The molecule has 0 saturated carbocycles. The summed E-state index contributed by atoms with van der Waals surface area (Å²) in [5.41, 5.74) is 11.5. The van der Waals surface area contributed by atoms with Crippen molar-refractivity contribution in [2.75, 3.05) is 0 Å². The summed E-state index contributed by atoms with van der Waals surface area (Å²) in [5, 5.41) is 70.8. The van der Waals surface area contributed by atoms with E-state index in [1.54, 1.807) is 13.5 Å². The lowest BCUT2D eigenvalue weighted by molar-refractivity contribution is -0.631. The molecular weight excluding hydrogens is 1060 g/mol. The standard InChI is InChI=1S/C62H36N18O4/c81-51(82)33-49-63-69-59-61-74(45-28-27-42(32-48(45)73(49)59)80-62-60-70-66-53(35-15-5-1-6-16-35)75(60)43-23-13-14-24-44(43)78(62)56(72-80)38-21-11-4-12-22-38)50(34-52(83)84)71-79(61)41-26-25-39-30-46-47(31-40(39)29-41)77-55(37-19-9-3-10-20-37)65-68-58(77)57-67-64-54(76(46)57)36-17-7-2-8-18-36/h1-32H,33-34H2/p+2. The van der Waals surface area contributed by atoms with Crippen molar-refractivity contribution in [3.63, 3.8) is 0 Å². The molecule has 84 heavy (non-hydrogen) atoms. The third kappa shape index (κ3) is 6.78. The van der Waals surface area contributed by atoms with E-state index < -0.39 is 24.8 Å². The Morgan fingerprint density at radius 1 is 0.333 bits per heavy atom. The number of benzene rings is 8. The van der Waals surface area contributed by atoms with Crippen LogP contribution in [-0.4, -0.2) is 99.5 Å². The van der Waals surface area contributed by atoms with Crippen LogP contribution in [0.2, 0.25) is 0 Å². The third-order valence-corrected chi connectivity index (χ3v) is 15.5. The van der Waals surface area contributed by atoms with Crippen LogP contribution < -0.4 is 9.36 Å². The second-order valence-corrected chi connectivity index (χ2v) is 20.3. The zero-order valence-electron chi connectivity index (χ0n) is 43.7. The van der Waals surface area contributed by atoms with Crippen molar-refractivity contribution in [3.05, 3.63) is 206 Å². The quantitative estimate of drug-likeness (QED) is 0.0969. The predicted octanol–water partition coefficient (Wildman–Crippen LogP) is 8.24. The predicted molar refractivity (Wildman–Crippen MR) is 308 cm³/mol. The van der Waals surface area contributed by atoms with Gasteiger partial charge in [-0.25, -0.2) is 0 Å². The average Bonchev–Trinajstić information content (AvgIpc) is 1.61. The fourth-order valence-corrected chi connectivity index (χ4v) is 11.9. The number of carboxylic acid groups (broad SMARTS) is 2. The molecule has 0 aliphatic rings. The van der Waals surface area contributed by atoms with Gasteiger partial charge in [0.05, 0.1) is 16.6 Å². The minimum atomic E-state index is -1.13. The first-order chi connectivity index (χ1) is 41.3. The molecule has 0 bridgehead atoms. The summed E-state index contributed by atoms with van der Waals surface area (Å²) in [5.74, 6) is 0.572. The van der Waals surface area contributed by atoms with Crippen molar-refractivity contribution in [1.82, 2.24) is 77.4 Å². The molecule has 0 amide bonds. The van der Waals surface area contributed by atoms with E-state index in [4.69, 9.17) is 40.8 Å². The van der Waals surface area contributed by atoms with Gasteiger partial charge in [0.1, 0.15) is 24.2 Å². The highest BCUT2D eigenvalue weighted by molar-refractivity contribution is 6.00. The second-order valence-electron chi connectivity index (χ2n) is 20.3. The van der Waals surface area contributed by atoms with E-state index >= 15 is 0 Å². The van der Waals surface area contributed by atoms with E-state index in [1.807, 2.05) is 200 Å². The van der Waals surface area contributed by atoms with Gasteiger partial charge >= 0.3 is 23.2 Å². The normalized spacial score (nSPS) is 12.1. The highest BCUT2D eigenvalue weighted by atomic mass is 16.4. The lowest BCUT2D eigenvalue weighted by atomic mass is 10.1. The summed E-state index contributed by atoms with van der Waals surface area (Å²) in [7, 11) is 0. The van der Waals surface area contributed by atoms with Crippen molar-refractivity contribution < 1.29 is 29.2 Å². The molecule has 398 valence electrons. The summed E-state index contributed by atoms with van der Waals surface area (Å²) in [4.78, 5) is 25.7. The monoisotopic (exact) mass is 1100 g/mol. The summed E-state index contributed by atoms with van der Waals surface area (Å²) >= 11 is 0. The van der Waals surface area contributed by atoms with Crippen molar-refractivity contribution in [3.8, 4) is 56.9 Å². The summed E-state index contributed by atoms with van der Waals surface area (Å²) in [6.45, 7) is 0. The maximum Gasteiger partial charge on any atom is 0.360 e. The fraction of sp³-hybridized carbons (Fsp3) is 0.0323. The molecule has 0 spiro atoms. The Morgan fingerprint density at radius 3 is 1.33 bits per heavy atom. The van der Waals surface area contributed by atoms with Crippen LogP contribution in [0.15, 0.2) is 194 Å². The molecule has 9 heterocycles. The number of para-hydroxylation sites is 2. The Kier molecular flexibility index (Phi) is 9.81. The van der Waals surface area contributed by atoms with Crippen molar-refractivity contribution >= 4 is 89.7 Å². The van der Waals surface area contributed by atoms with Crippen LogP contribution in [0, 0.1) is 0 Å². The number of aliphatic carboxylic acids is 2. The summed E-state index contributed by atoms with van der Waals surface area (Å²) < 4.78 is 15.0. The molecule has 0 saturated heterocycles. The Hall–Kier alpha value is -12.2. The lowest BCUT2D eigenvalue weighted by Crippen LogP contribution is -2.34. The van der Waals surface area contributed by atoms with Crippen LogP contribution in [0.25, 0.3) is 135 Å². The van der Waals surface area contributed by atoms with Crippen LogP contribution in [0.1, 0.15) is 11.6 Å². The number of hydrogen-bond acceptors (Lipinski definition) is 12. The number of hydrogen-bond donors (Lipinski definition) is 2. The SMILES string of the molecule is O=C(O)Cc1nnc2c3n(c(CC(=O)O)n[n+]3-c3ccc4cc5c(cc4c3)n3c(-c4ccccc4)nnc3c3nnc(-c4ccccc4)n53)c3ccc(-[n+]4nc(-c5ccccc5)n5c6ccccc6n6c(-c7ccccc7)nnc6c54)cc3n12. The second kappa shape index (κ2) is 17.6. The molecular formula is C62H38N18O4+2. The Bertz CT molecular complexity index is 5640. The van der Waals surface area contributed by atoms with Crippen molar-refractivity contribution in [2.45, 2.75) is 12.8 Å². The van der Waals surface area contributed by atoms with E-state index in [0.717, 1.165) is 55.1 Å². The van der Waals surface area contributed by atoms with Gasteiger partial charge in [0, 0.05) is 28.3 Å². The molecule has 17 rings (SSSR count). The van der Waals surface area contributed by atoms with Gasteiger partial charge in [-0.15, -0.1) is 40.8 Å². The first-order valence-corrected chi connectivity index (χ1v) is 26.7. The number of fused-ring (bicyclic) bond motifs is 19. The van der Waals surface area contributed by atoms with E-state index in [1.165, 1.54) is 0 Å². The topological polar surface area (TPSA) is 238 Å². The van der Waals surface area contributed by atoms with E-state index in [0.29, 0.717) is 73.9 Å². The number of carboxylic acids is 2. The summed E-state index contributed by atoms with van der Waals surface area (Å²) in [6, 6.07) is 63.1. The highest BCUT2D eigenvalue weighted by Gasteiger charge is 2.35. The molecule has 22 heteroatoms. The van der Waals surface area contributed by atoms with Gasteiger partial charge in [-0.3, -0.25) is 27.2 Å². The molecule has 17 aromatic rings. The molecule has 0 unspecified atom stereocenters. The maximum absolute atomic E-state index is 12.9. The molecule has 0 radical (unpaired) electrons. The van der Waals surface area contributed by atoms with E-state index in [2.05, 4.69) is 26.7 Å². The Balaban J connectivity index is 0.924. The molecule has 0 fully saturated rings. The van der Waals surface area contributed by atoms with E-state index in [-0.39, 0.29) is 17.3 Å². The molecule has 0 aliphatic heterocycles. The van der Waals surface area contributed by atoms with Crippen LogP contribution in [0.3, 0.4) is 0 Å². The highest BCUT2D eigenvalue weighted by Crippen LogP contribution is 2.35. The van der Waals surface area contributed by atoms with E-state index in [9.17, 15) is 19.8 Å². The van der Waals surface area contributed by atoms with Gasteiger partial charge in [0.2, 0.25) is 11.3 Å². The fourth-order valence-electron chi connectivity index (χ4n) is 11.9. The molecule has 22 nitrogen and oxygen atoms in total. The zero-order chi connectivity index (χ0) is 55.9. The average molecular weight is 1100 g/mol. The van der Waals surface area contributed by atoms with Crippen LogP contribution >= 0.6 is 0 Å². The first-order valence-electron chi connectivity index (χ1n) is 26.7. The van der Waals surface area contributed by atoms with Crippen molar-refractivity contribution in [2.24, 2.45) is 0 Å². The van der Waals surface area contributed by atoms with Crippen molar-refractivity contribution in [1.29, 1.82) is 0 Å². The van der Waals surface area contributed by atoms with Gasteiger partial charge in [-0.1, -0.05) is 131 Å². The summed E-state index contributed by atoms with van der Waals surface area (Å²) in [6.07, 6.45) is -0.970. The first kappa shape index (κ1) is 46.7. The van der Waals surface area contributed by atoms with Gasteiger partial charge in [-0.05, 0) is 87.7 Å². The van der Waals surface area contributed by atoms with Gasteiger partial charge in [0.15, 0.2) is 39.9 Å². The molecule has 9 aromatic heterocycles. The lowest BCUT2D eigenvalue weighted by Gasteiger charge is -2.11. The molecule has 0 aliphatic carbocycles. The smallest absolute Gasteiger partial charge is 0.360 e. The van der Waals surface area contributed by atoms with Gasteiger partial charge < -0.3 is 10.2 Å². The number of aromatic nitrogens is 18. The minimum Gasteiger partial charge on any atom is -0.481 e. The third-order valence-electron chi connectivity index (χ3n) is 15.5. The minimum absolute atomic E-state index is 0.130. The number of rotatable bonds is 10. The zero-order valence-corrected chi connectivity index (χ0v) is 43.7. The largest absolute Gasteiger partial charge is 0.481 e.